The normalized spacial score (nSPS) is 13.4. The Morgan fingerprint density at radius 1 is 1.70 bits per heavy atom. The van der Waals surface area contributed by atoms with Crippen LogP contribution in [0.5, 0.6) is 0 Å². The van der Waals surface area contributed by atoms with Crippen LogP contribution in [0.3, 0.4) is 0 Å². The minimum atomic E-state index is -0.813. The third-order valence-corrected chi connectivity index (χ3v) is 0.855. The molecular formula is C4H4BrFN2O2. The van der Waals surface area contributed by atoms with Gasteiger partial charge < -0.3 is 10.1 Å². The summed E-state index contributed by atoms with van der Waals surface area (Å²) >= 11 is 2.42. The molecule has 0 unspecified atom stereocenters. The van der Waals surface area contributed by atoms with E-state index in [1.807, 2.05) is 0 Å². The molecule has 0 aromatic rings. The molecule has 0 spiro atoms. The lowest BCUT2D eigenvalue weighted by molar-refractivity contribution is -0.426. The zero-order valence-electron chi connectivity index (χ0n) is 4.75. The summed E-state index contributed by atoms with van der Waals surface area (Å²) < 4.78 is 11.1. The maximum Gasteiger partial charge on any atom is 0.314 e. The quantitative estimate of drug-likeness (QED) is 0.424. The molecule has 6 heteroatoms. The van der Waals surface area contributed by atoms with E-state index >= 15 is 0 Å². The summed E-state index contributed by atoms with van der Waals surface area (Å²) in [5.41, 5.74) is 4.79. The van der Waals surface area contributed by atoms with Crippen LogP contribution in [0.4, 0.5) is 4.39 Å². The van der Waals surface area contributed by atoms with Gasteiger partial charge in [-0.05, 0) is 26.9 Å². The standard InChI is InChI=1S/C4H4BrFN2O2/c5-3(6)1-2-4(7)8(9)10/h1-2H,7H2/b3-1-,4-2+. The largest absolute Gasteiger partial charge is 0.358 e. The van der Waals surface area contributed by atoms with Crippen LogP contribution >= 0.6 is 15.9 Å². The van der Waals surface area contributed by atoms with Gasteiger partial charge in [-0.2, -0.15) is 4.39 Å². The summed E-state index contributed by atoms with van der Waals surface area (Å²) in [5, 5.41) is 9.76. The molecule has 0 fully saturated rings. The van der Waals surface area contributed by atoms with Crippen molar-refractivity contribution in [3.63, 3.8) is 0 Å². The molecule has 56 valence electrons. The monoisotopic (exact) mass is 210 g/mol. The van der Waals surface area contributed by atoms with E-state index in [4.69, 9.17) is 5.73 Å². The van der Waals surface area contributed by atoms with Gasteiger partial charge in [0, 0.05) is 6.08 Å². The van der Waals surface area contributed by atoms with Gasteiger partial charge in [-0.3, -0.25) is 5.73 Å². The molecule has 0 aliphatic rings. The highest BCUT2D eigenvalue weighted by atomic mass is 79.9. The molecule has 0 heterocycles. The van der Waals surface area contributed by atoms with E-state index in [1.165, 1.54) is 0 Å². The summed E-state index contributed by atoms with van der Waals surface area (Å²) in [7, 11) is 0. The highest BCUT2D eigenvalue weighted by Crippen LogP contribution is 2.05. The third kappa shape index (κ3) is 4.02. The van der Waals surface area contributed by atoms with E-state index in [9.17, 15) is 14.5 Å². The number of hydrogen-bond acceptors (Lipinski definition) is 3. The zero-order valence-corrected chi connectivity index (χ0v) is 6.34. The maximum atomic E-state index is 11.8. The van der Waals surface area contributed by atoms with Gasteiger partial charge in [-0.15, -0.1) is 0 Å². The molecule has 0 aliphatic heterocycles. The van der Waals surface area contributed by atoms with Crippen molar-refractivity contribution in [2.75, 3.05) is 0 Å². The summed E-state index contributed by atoms with van der Waals surface area (Å²) in [6.45, 7) is 0. The summed E-state index contributed by atoms with van der Waals surface area (Å²) in [6, 6.07) is 0. The fourth-order valence-corrected chi connectivity index (χ4v) is 0.341. The Kier molecular flexibility index (Phi) is 3.63. The number of nitro groups is 1. The Bertz CT molecular complexity index is 197. The third-order valence-electron chi connectivity index (χ3n) is 0.591. The molecule has 0 atom stereocenters. The van der Waals surface area contributed by atoms with Crippen LogP contribution in [0.25, 0.3) is 0 Å². The van der Waals surface area contributed by atoms with Crippen LogP contribution in [0.15, 0.2) is 22.7 Å². The first kappa shape index (κ1) is 9.09. The van der Waals surface area contributed by atoms with E-state index < -0.39 is 15.5 Å². The topological polar surface area (TPSA) is 69.2 Å². The highest BCUT2D eigenvalue weighted by Gasteiger charge is 1.95. The fourth-order valence-electron chi connectivity index (χ4n) is 0.209. The molecule has 4 nitrogen and oxygen atoms in total. The minimum Gasteiger partial charge on any atom is -0.358 e. The number of allylic oxidation sites excluding steroid dienone is 2. The van der Waals surface area contributed by atoms with Crippen LogP contribution in [0.2, 0.25) is 0 Å². The Morgan fingerprint density at radius 3 is 2.50 bits per heavy atom. The molecule has 0 amide bonds. The lowest BCUT2D eigenvalue weighted by Crippen LogP contribution is -2.07. The van der Waals surface area contributed by atoms with Crippen molar-refractivity contribution >= 4 is 15.9 Å². The van der Waals surface area contributed by atoms with Gasteiger partial charge in [-0.25, -0.2) is 0 Å². The second-order valence-corrected chi connectivity index (χ2v) is 2.06. The average molecular weight is 211 g/mol. The molecular weight excluding hydrogens is 207 g/mol. The molecule has 0 aromatic heterocycles. The van der Waals surface area contributed by atoms with Crippen molar-refractivity contribution in [2.45, 2.75) is 0 Å². The summed E-state index contributed by atoms with van der Waals surface area (Å²) in [4.78, 5) is 8.94. The van der Waals surface area contributed by atoms with E-state index in [2.05, 4.69) is 15.9 Å². The van der Waals surface area contributed by atoms with Gasteiger partial charge >= 0.3 is 5.82 Å². The van der Waals surface area contributed by atoms with Crippen molar-refractivity contribution in [3.05, 3.63) is 32.8 Å². The maximum absolute atomic E-state index is 11.8. The predicted octanol–water partition coefficient (Wildman–Crippen LogP) is 1.27. The van der Waals surface area contributed by atoms with E-state index in [1.54, 1.807) is 0 Å². The summed E-state index contributed by atoms with van der Waals surface area (Å²) in [6.07, 6.45) is 1.70. The van der Waals surface area contributed by atoms with Crippen molar-refractivity contribution in [3.8, 4) is 0 Å². The SMILES string of the molecule is N/C(=C\C=C(/F)Br)[N+](=O)[O-]. The molecule has 10 heavy (non-hydrogen) atoms. The number of rotatable bonds is 2. The number of halogens is 2. The Hall–Kier alpha value is -0.910. The van der Waals surface area contributed by atoms with Gasteiger partial charge in [0.1, 0.15) is 0 Å². The van der Waals surface area contributed by atoms with Crippen LogP contribution < -0.4 is 5.73 Å². The van der Waals surface area contributed by atoms with E-state index in [0.717, 1.165) is 12.2 Å². The first-order valence-electron chi connectivity index (χ1n) is 2.17. The van der Waals surface area contributed by atoms with Crippen LogP contribution in [0.1, 0.15) is 0 Å². The van der Waals surface area contributed by atoms with Crippen molar-refractivity contribution in [1.82, 2.24) is 0 Å². The molecule has 2 N–H and O–H groups in total. The van der Waals surface area contributed by atoms with Gasteiger partial charge in [0.15, 0.2) is 4.74 Å². The zero-order chi connectivity index (χ0) is 8.15. The van der Waals surface area contributed by atoms with Gasteiger partial charge in [-0.1, -0.05) is 0 Å². The lowest BCUT2D eigenvalue weighted by Gasteiger charge is -1.88. The number of nitrogens with zero attached hydrogens (tertiary/aromatic N) is 1. The second kappa shape index (κ2) is 3.99. The smallest absolute Gasteiger partial charge is 0.314 e. The summed E-state index contributed by atoms with van der Waals surface area (Å²) in [5.74, 6) is -0.602. The average Bonchev–Trinajstić information content (AvgIpc) is 1.82. The fraction of sp³-hybridized carbons (Fsp3) is 0. The van der Waals surface area contributed by atoms with Crippen LogP contribution in [-0.2, 0) is 0 Å². The predicted molar refractivity (Wildman–Crippen MR) is 37.4 cm³/mol. The van der Waals surface area contributed by atoms with Crippen LogP contribution in [-0.4, -0.2) is 4.92 Å². The van der Waals surface area contributed by atoms with Crippen molar-refractivity contribution < 1.29 is 9.31 Å². The van der Waals surface area contributed by atoms with Gasteiger partial charge in [0.25, 0.3) is 0 Å². The lowest BCUT2D eigenvalue weighted by atomic mass is 10.5. The molecule has 0 radical (unpaired) electrons. The molecule has 0 aliphatic carbocycles. The van der Waals surface area contributed by atoms with Gasteiger partial charge in [0.05, 0.1) is 0 Å². The Labute approximate surface area is 64.5 Å². The van der Waals surface area contributed by atoms with Crippen LogP contribution in [0, 0.1) is 10.1 Å². The molecule has 0 saturated heterocycles. The molecule has 0 rings (SSSR count). The van der Waals surface area contributed by atoms with E-state index in [0.29, 0.717) is 0 Å². The van der Waals surface area contributed by atoms with Gasteiger partial charge in [0.2, 0.25) is 0 Å². The van der Waals surface area contributed by atoms with E-state index in [-0.39, 0.29) is 0 Å². The minimum absolute atomic E-state index is 0.602. The van der Waals surface area contributed by atoms with Crippen molar-refractivity contribution in [1.29, 1.82) is 0 Å². The first-order chi connectivity index (χ1) is 4.54. The first-order valence-corrected chi connectivity index (χ1v) is 2.96. The highest BCUT2D eigenvalue weighted by molar-refractivity contribution is 9.11. The molecule has 0 aromatic carbocycles. The van der Waals surface area contributed by atoms with Crippen molar-refractivity contribution in [2.24, 2.45) is 5.73 Å². The number of nitrogens with two attached hydrogens (primary N) is 1. The Balaban J connectivity index is 4.19. The number of hydrogen-bond donors (Lipinski definition) is 1. The molecule has 0 bridgehead atoms. The molecule has 0 saturated carbocycles. The Morgan fingerprint density at radius 2 is 2.20 bits per heavy atom. The second-order valence-electron chi connectivity index (χ2n) is 1.30.